The standard InChI is InChI=1S/C10H9NO2S/c1-2-6-3-4-7-8(5-6)14-9(11-7)10(12)13/h3-5H,2H2,1H3,(H,12,13). The molecule has 2 rings (SSSR count). The molecule has 0 aliphatic rings. The SMILES string of the molecule is CCc1ccc2nc(C(=O)O)sc2c1. The summed E-state index contributed by atoms with van der Waals surface area (Å²) in [7, 11) is 0. The fraction of sp³-hybridized carbons (Fsp3) is 0.200. The zero-order valence-electron chi connectivity index (χ0n) is 7.65. The van der Waals surface area contributed by atoms with Gasteiger partial charge in [0.1, 0.15) is 0 Å². The number of rotatable bonds is 2. The van der Waals surface area contributed by atoms with Crippen LogP contribution in [-0.4, -0.2) is 16.1 Å². The maximum Gasteiger partial charge on any atom is 0.365 e. The minimum atomic E-state index is -0.954. The van der Waals surface area contributed by atoms with Crippen molar-refractivity contribution in [2.45, 2.75) is 13.3 Å². The molecule has 14 heavy (non-hydrogen) atoms. The molecule has 0 aliphatic heterocycles. The van der Waals surface area contributed by atoms with E-state index in [0.29, 0.717) is 0 Å². The quantitative estimate of drug-likeness (QED) is 0.823. The summed E-state index contributed by atoms with van der Waals surface area (Å²) < 4.78 is 0.946. The van der Waals surface area contributed by atoms with Gasteiger partial charge in [-0.3, -0.25) is 0 Å². The van der Waals surface area contributed by atoms with Crippen LogP contribution >= 0.6 is 11.3 Å². The lowest BCUT2D eigenvalue weighted by Crippen LogP contribution is -1.93. The monoisotopic (exact) mass is 207 g/mol. The van der Waals surface area contributed by atoms with Crippen molar-refractivity contribution < 1.29 is 9.90 Å². The first-order chi connectivity index (χ1) is 6.70. The fourth-order valence-electron chi connectivity index (χ4n) is 1.28. The van der Waals surface area contributed by atoms with Crippen molar-refractivity contribution in [1.82, 2.24) is 4.98 Å². The fourth-order valence-corrected chi connectivity index (χ4v) is 2.15. The van der Waals surface area contributed by atoms with E-state index in [9.17, 15) is 4.79 Å². The van der Waals surface area contributed by atoms with Gasteiger partial charge in [0.05, 0.1) is 10.2 Å². The van der Waals surface area contributed by atoms with Gasteiger partial charge in [-0.15, -0.1) is 11.3 Å². The van der Waals surface area contributed by atoms with Gasteiger partial charge in [0.2, 0.25) is 5.01 Å². The predicted molar refractivity (Wildman–Crippen MR) is 56.0 cm³/mol. The summed E-state index contributed by atoms with van der Waals surface area (Å²) >= 11 is 1.22. The van der Waals surface area contributed by atoms with E-state index < -0.39 is 5.97 Å². The summed E-state index contributed by atoms with van der Waals surface area (Å²) in [4.78, 5) is 14.7. The maximum atomic E-state index is 10.7. The molecule has 0 bridgehead atoms. The topological polar surface area (TPSA) is 50.2 Å². The highest BCUT2D eigenvalue weighted by Crippen LogP contribution is 2.23. The molecule has 0 radical (unpaired) electrons. The van der Waals surface area contributed by atoms with Gasteiger partial charge >= 0.3 is 5.97 Å². The van der Waals surface area contributed by atoms with Crippen molar-refractivity contribution in [2.75, 3.05) is 0 Å². The van der Waals surface area contributed by atoms with Crippen LogP contribution in [0.1, 0.15) is 22.3 Å². The number of aryl methyl sites for hydroxylation is 1. The second-order valence-electron chi connectivity index (χ2n) is 2.98. The van der Waals surface area contributed by atoms with Crippen molar-refractivity contribution in [1.29, 1.82) is 0 Å². The largest absolute Gasteiger partial charge is 0.476 e. The number of carboxylic acids is 1. The molecule has 4 heteroatoms. The number of fused-ring (bicyclic) bond motifs is 1. The smallest absolute Gasteiger partial charge is 0.365 e. The zero-order chi connectivity index (χ0) is 10.1. The molecule has 0 spiro atoms. The Morgan fingerprint density at radius 2 is 2.36 bits per heavy atom. The van der Waals surface area contributed by atoms with Crippen molar-refractivity contribution in [3.05, 3.63) is 28.8 Å². The Morgan fingerprint density at radius 1 is 1.57 bits per heavy atom. The summed E-state index contributed by atoms with van der Waals surface area (Å²) in [5.41, 5.74) is 1.97. The van der Waals surface area contributed by atoms with Crippen molar-refractivity contribution >= 4 is 27.5 Å². The third-order valence-electron chi connectivity index (χ3n) is 2.04. The Bertz CT molecular complexity index is 490. The van der Waals surface area contributed by atoms with Crippen molar-refractivity contribution in [3.8, 4) is 0 Å². The van der Waals surface area contributed by atoms with Crippen LogP contribution in [0.4, 0.5) is 0 Å². The van der Waals surface area contributed by atoms with Crippen molar-refractivity contribution in [2.24, 2.45) is 0 Å². The molecule has 0 saturated heterocycles. The number of aromatic nitrogens is 1. The van der Waals surface area contributed by atoms with E-state index in [2.05, 4.69) is 11.9 Å². The Kier molecular flexibility index (Phi) is 2.21. The summed E-state index contributed by atoms with van der Waals surface area (Å²) in [6, 6.07) is 5.85. The molecule has 1 aromatic carbocycles. The number of benzene rings is 1. The number of carboxylic acid groups (broad SMARTS) is 1. The molecule has 1 heterocycles. The van der Waals surface area contributed by atoms with E-state index >= 15 is 0 Å². The van der Waals surface area contributed by atoms with E-state index in [1.54, 1.807) is 0 Å². The van der Waals surface area contributed by atoms with E-state index in [-0.39, 0.29) is 5.01 Å². The van der Waals surface area contributed by atoms with Gasteiger partial charge in [-0.2, -0.15) is 0 Å². The van der Waals surface area contributed by atoms with Gasteiger partial charge in [-0.25, -0.2) is 9.78 Å². The highest BCUT2D eigenvalue weighted by molar-refractivity contribution is 7.20. The molecule has 2 aromatic rings. The molecule has 1 aromatic heterocycles. The van der Waals surface area contributed by atoms with Gasteiger partial charge < -0.3 is 5.11 Å². The van der Waals surface area contributed by atoms with Gasteiger partial charge in [-0.1, -0.05) is 13.0 Å². The maximum absolute atomic E-state index is 10.7. The average molecular weight is 207 g/mol. The van der Waals surface area contributed by atoms with E-state index in [1.807, 2.05) is 18.2 Å². The molecule has 3 nitrogen and oxygen atoms in total. The van der Waals surface area contributed by atoms with E-state index in [1.165, 1.54) is 16.9 Å². The lowest BCUT2D eigenvalue weighted by atomic mass is 10.2. The Balaban J connectivity index is 2.60. The number of hydrogen-bond acceptors (Lipinski definition) is 3. The molecule has 0 fully saturated rings. The Morgan fingerprint density at radius 3 is 3.00 bits per heavy atom. The molecule has 72 valence electrons. The van der Waals surface area contributed by atoms with Crippen LogP contribution in [0, 0.1) is 0 Å². The number of carbonyl (C=O) groups is 1. The number of thiazole rings is 1. The second-order valence-corrected chi connectivity index (χ2v) is 4.01. The minimum absolute atomic E-state index is 0.160. The zero-order valence-corrected chi connectivity index (χ0v) is 8.47. The number of hydrogen-bond donors (Lipinski definition) is 1. The molecule has 0 aliphatic carbocycles. The normalized spacial score (nSPS) is 10.6. The van der Waals surface area contributed by atoms with Crippen LogP contribution in [-0.2, 0) is 6.42 Å². The summed E-state index contributed by atoms with van der Waals surface area (Å²) in [6.07, 6.45) is 0.955. The Hall–Kier alpha value is -1.42. The lowest BCUT2D eigenvalue weighted by Gasteiger charge is -1.93. The van der Waals surface area contributed by atoms with Gasteiger partial charge in [0.15, 0.2) is 0 Å². The lowest BCUT2D eigenvalue weighted by molar-refractivity contribution is 0.0696. The van der Waals surface area contributed by atoms with Crippen LogP contribution < -0.4 is 0 Å². The molecular weight excluding hydrogens is 198 g/mol. The minimum Gasteiger partial charge on any atom is -0.476 e. The highest BCUT2D eigenvalue weighted by atomic mass is 32.1. The first kappa shape index (κ1) is 9.15. The third kappa shape index (κ3) is 1.48. The first-order valence-electron chi connectivity index (χ1n) is 4.33. The number of aromatic carboxylic acids is 1. The highest BCUT2D eigenvalue weighted by Gasteiger charge is 2.09. The average Bonchev–Trinajstić information content (AvgIpc) is 2.59. The van der Waals surface area contributed by atoms with E-state index in [4.69, 9.17) is 5.11 Å². The Labute approximate surface area is 85.0 Å². The van der Waals surface area contributed by atoms with Gasteiger partial charge in [0.25, 0.3) is 0 Å². The third-order valence-corrected chi connectivity index (χ3v) is 3.05. The van der Waals surface area contributed by atoms with Crippen LogP contribution in [0.3, 0.4) is 0 Å². The van der Waals surface area contributed by atoms with Crippen molar-refractivity contribution in [3.63, 3.8) is 0 Å². The van der Waals surface area contributed by atoms with Crippen LogP contribution in [0.5, 0.6) is 0 Å². The molecule has 1 N–H and O–H groups in total. The predicted octanol–water partition coefficient (Wildman–Crippen LogP) is 2.56. The van der Waals surface area contributed by atoms with Crippen LogP contribution in [0.15, 0.2) is 18.2 Å². The van der Waals surface area contributed by atoms with Crippen LogP contribution in [0.25, 0.3) is 10.2 Å². The van der Waals surface area contributed by atoms with Gasteiger partial charge in [-0.05, 0) is 24.1 Å². The molecule has 0 amide bonds. The summed E-state index contributed by atoms with van der Waals surface area (Å²) in [5, 5.41) is 8.92. The molecule has 0 atom stereocenters. The summed E-state index contributed by atoms with van der Waals surface area (Å²) in [5.74, 6) is -0.954. The van der Waals surface area contributed by atoms with Crippen LogP contribution in [0.2, 0.25) is 0 Å². The molecular formula is C10H9NO2S. The molecule has 0 saturated carbocycles. The van der Waals surface area contributed by atoms with E-state index in [0.717, 1.165) is 16.6 Å². The first-order valence-corrected chi connectivity index (χ1v) is 5.15. The van der Waals surface area contributed by atoms with Gasteiger partial charge in [0, 0.05) is 0 Å². The molecule has 0 unspecified atom stereocenters. The number of nitrogens with zero attached hydrogens (tertiary/aromatic N) is 1. The second kappa shape index (κ2) is 3.38. The summed E-state index contributed by atoms with van der Waals surface area (Å²) in [6.45, 7) is 2.07.